The number of sulfone groups is 1. The first-order valence-electron chi connectivity index (χ1n) is 7.78. The molecule has 134 valence electrons. The van der Waals surface area contributed by atoms with E-state index in [0.717, 1.165) is 5.56 Å². The van der Waals surface area contributed by atoms with Gasteiger partial charge in [-0.3, -0.25) is 15.1 Å². The van der Waals surface area contributed by atoms with Gasteiger partial charge < -0.3 is 4.42 Å². The first kappa shape index (κ1) is 17.7. The molecule has 0 fully saturated rings. The largest absolute Gasteiger partial charge is 0.401 e. The number of pyridine rings is 1. The Labute approximate surface area is 150 Å². The summed E-state index contributed by atoms with van der Waals surface area (Å²) in [5, 5.41) is 9.89. The first-order valence-corrected chi connectivity index (χ1v) is 9.43. The van der Waals surface area contributed by atoms with Gasteiger partial charge in [-0.25, -0.2) is 8.42 Å². The van der Waals surface area contributed by atoms with E-state index < -0.39 is 15.7 Å². The molecule has 0 bridgehead atoms. The second-order valence-electron chi connectivity index (χ2n) is 5.56. The quantitative estimate of drug-likeness (QED) is 0.705. The molecule has 0 saturated carbocycles. The van der Waals surface area contributed by atoms with Crippen LogP contribution in [0.2, 0.25) is 0 Å². The maximum absolute atomic E-state index is 12.2. The number of hydrogen-bond acceptors (Lipinski definition) is 7. The van der Waals surface area contributed by atoms with E-state index >= 15 is 0 Å². The molecule has 0 spiro atoms. The van der Waals surface area contributed by atoms with Crippen LogP contribution in [0, 0.1) is 6.92 Å². The number of nitrogens with one attached hydrogen (secondary N) is 1. The van der Waals surface area contributed by atoms with Gasteiger partial charge in [-0.15, -0.1) is 5.10 Å². The van der Waals surface area contributed by atoms with Crippen molar-refractivity contribution in [3.8, 4) is 11.6 Å². The lowest BCUT2D eigenvalue weighted by molar-refractivity contribution is -0.115. The monoisotopic (exact) mass is 372 g/mol. The van der Waals surface area contributed by atoms with Crippen LogP contribution in [0.25, 0.3) is 11.6 Å². The average Bonchev–Trinajstić information content (AvgIpc) is 3.10. The minimum atomic E-state index is -3.54. The van der Waals surface area contributed by atoms with Crippen molar-refractivity contribution < 1.29 is 17.6 Å². The molecule has 0 atom stereocenters. The summed E-state index contributed by atoms with van der Waals surface area (Å²) in [6.45, 7) is 1.87. The molecular formula is C17H16N4O4S. The van der Waals surface area contributed by atoms with E-state index in [0.29, 0.717) is 5.69 Å². The number of aryl methyl sites for hydroxylation is 1. The van der Waals surface area contributed by atoms with Crippen LogP contribution < -0.4 is 5.32 Å². The van der Waals surface area contributed by atoms with Crippen LogP contribution in [0.3, 0.4) is 0 Å². The van der Waals surface area contributed by atoms with Crippen LogP contribution in [-0.2, 0) is 14.6 Å². The Morgan fingerprint density at radius 2 is 1.88 bits per heavy atom. The molecule has 1 amide bonds. The molecule has 3 aromatic rings. The Morgan fingerprint density at radius 3 is 2.58 bits per heavy atom. The molecule has 1 aromatic carbocycles. The predicted molar refractivity (Wildman–Crippen MR) is 94.0 cm³/mol. The summed E-state index contributed by atoms with van der Waals surface area (Å²) in [6.07, 6.45) is 1.35. The Balaban J connectivity index is 1.59. The van der Waals surface area contributed by atoms with Crippen molar-refractivity contribution >= 4 is 21.8 Å². The van der Waals surface area contributed by atoms with E-state index in [1.807, 2.05) is 6.92 Å². The maximum atomic E-state index is 12.2. The highest BCUT2D eigenvalue weighted by molar-refractivity contribution is 7.91. The molecule has 0 saturated heterocycles. The topological polar surface area (TPSA) is 115 Å². The number of nitrogens with zero attached hydrogens (tertiary/aromatic N) is 3. The lowest BCUT2D eigenvalue weighted by Gasteiger charge is -2.04. The smallest absolute Gasteiger partial charge is 0.322 e. The highest BCUT2D eigenvalue weighted by Crippen LogP contribution is 2.17. The Morgan fingerprint density at radius 1 is 1.12 bits per heavy atom. The van der Waals surface area contributed by atoms with Gasteiger partial charge in [-0.05, 0) is 31.2 Å². The molecule has 0 aliphatic heterocycles. The Kier molecular flexibility index (Phi) is 5.08. The molecule has 9 heteroatoms. The number of rotatable bonds is 6. The molecule has 0 unspecified atom stereocenters. The third-order valence-electron chi connectivity index (χ3n) is 3.53. The van der Waals surface area contributed by atoms with Crippen molar-refractivity contribution in [3.05, 3.63) is 54.2 Å². The van der Waals surface area contributed by atoms with Crippen molar-refractivity contribution in [1.82, 2.24) is 15.2 Å². The normalized spacial score (nSPS) is 11.3. The van der Waals surface area contributed by atoms with Crippen LogP contribution in [0.4, 0.5) is 6.01 Å². The Hall–Kier alpha value is -3.07. The third-order valence-corrected chi connectivity index (χ3v) is 5.27. The van der Waals surface area contributed by atoms with Crippen molar-refractivity contribution in [3.63, 3.8) is 0 Å². The van der Waals surface area contributed by atoms with Crippen LogP contribution in [0.5, 0.6) is 0 Å². The molecule has 1 N–H and O–H groups in total. The lowest BCUT2D eigenvalue weighted by Crippen LogP contribution is -2.17. The summed E-state index contributed by atoms with van der Waals surface area (Å²) >= 11 is 0. The molecule has 3 rings (SSSR count). The van der Waals surface area contributed by atoms with E-state index in [9.17, 15) is 13.2 Å². The molecule has 0 radical (unpaired) electrons. The molecule has 26 heavy (non-hydrogen) atoms. The van der Waals surface area contributed by atoms with Crippen LogP contribution >= 0.6 is 0 Å². The number of benzene rings is 1. The van der Waals surface area contributed by atoms with Gasteiger partial charge in [-0.1, -0.05) is 28.9 Å². The standard InChI is InChI=1S/C17H16N4O4S/c1-12-5-7-13(8-6-12)26(23,24)11-9-15(22)19-17-21-20-16(25-17)14-4-2-3-10-18-14/h2-8,10H,9,11H2,1H3,(H,19,21,22). The highest BCUT2D eigenvalue weighted by atomic mass is 32.2. The summed E-state index contributed by atoms with van der Waals surface area (Å²) in [4.78, 5) is 16.2. The number of hydrogen-bond donors (Lipinski definition) is 1. The second kappa shape index (κ2) is 7.44. The minimum Gasteiger partial charge on any atom is -0.401 e. The summed E-state index contributed by atoms with van der Waals surface area (Å²) in [5.41, 5.74) is 1.43. The van der Waals surface area contributed by atoms with Crippen LogP contribution in [0.15, 0.2) is 58.0 Å². The van der Waals surface area contributed by atoms with E-state index in [4.69, 9.17) is 4.42 Å². The van der Waals surface area contributed by atoms with Gasteiger partial charge in [0.2, 0.25) is 5.91 Å². The van der Waals surface area contributed by atoms with Gasteiger partial charge in [0.1, 0.15) is 5.69 Å². The van der Waals surface area contributed by atoms with E-state index in [1.54, 1.807) is 36.5 Å². The number of amides is 1. The maximum Gasteiger partial charge on any atom is 0.322 e. The average molecular weight is 372 g/mol. The number of aromatic nitrogens is 3. The summed E-state index contributed by atoms with van der Waals surface area (Å²) < 4.78 is 29.8. The minimum absolute atomic E-state index is 0.108. The molecular weight excluding hydrogens is 356 g/mol. The molecule has 2 aromatic heterocycles. The van der Waals surface area contributed by atoms with Crippen LogP contribution in [-0.4, -0.2) is 35.3 Å². The van der Waals surface area contributed by atoms with Crippen LogP contribution in [0.1, 0.15) is 12.0 Å². The van der Waals surface area contributed by atoms with Gasteiger partial charge in [0.25, 0.3) is 5.89 Å². The van der Waals surface area contributed by atoms with Crippen molar-refractivity contribution in [2.75, 3.05) is 11.1 Å². The number of carbonyl (C=O) groups excluding carboxylic acids is 1. The Bertz CT molecular complexity index is 999. The van der Waals surface area contributed by atoms with E-state index in [2.05, 4.69) is 20.5 Å². The van der Waals surface area contributed by atoms with E-state index in [-0.39, 0.29) is 29.0 Å². The molecule has 0 aliphatic carbocycles. The number of anilines is 1. The fourth-order valence-electron chi connectivity index (χ4n) is 2.14. The predicted octanol–water partition coefficient (Wildman–Crippen LogP) is 2.24. The fourth-order valence-corrected chi connectivity index (χ4v) is 3.38. The zero-order valence-corrected chi connectivity index (χ0v) is 14.7. The lowest BCUT2D eigenvalue weighted by atomic mass is 10.2. The molecule has 0 aliphatic rings. The highest BCUT2D eigenvalue weighted by Gasteiger charge is 2.18. The van der Waals surface area contributed by atoms with Gasteiger partial charge in [-0.2, -0.15) is 0 Å². The van der Waals surface area contributed by atoms with E-state index in [1.165, 1.54) is 12.1 Å². The SMILES string of the molecule is Cc1ccc(S(=O)(=O)CCC(=O)Nc2nnc(-c3ccccn3)o2)cc1. The van der Waals surface area contributed by atoms with Gasteiger partial charge in [0, 0.05) is 12.6 Å². The zero-order chi connectivity index (χ0) is 18.6. The third kappa shape index (κ3) is 4.31. The molecule has 2 heterocycles. The van der Waals surface area contributed by atoms with Gasteiger partial charge >= 0.3 is 6.01 Å². The summed E-state index contributed by atoms with van der Waals surface area (Å²) in [6, 6.07) is 11.6. The van der Waals surface area contributed by atoms with Crippen molar-refractivity contribution in [2.45, 2.75) is 18.2 Å². The summed E-state index contributed by atoms with van der Waals surface area (Å²) in [7, 11) is -3.54. The summed E-state index contributed by atoms with van der Waals surface area (Å²) in [5.74, 6) is -0.687. The fraction of sp³-hybridized carbons (Fsp3) is 0.176. The zero-order valence-electron chi connectivity index (χ0n) is 13.9. The molecule has 8 nitrogen and oxygen atoms in total. The second-order valence-corrected chi connectivity index (χ2v) is 7.67. The van der Waals surface area contributed by atoms with Gasteiger partial charge in [0.15, 0.2) is 9.84 Å². The van der Waals surface area contributed by atoms with Crippen molar-refractivity contribution in [2.24, 2.45) is 0 Å². The first-order chi connectivity index (χ1) is 12.4. The number of carbonyl (C=O) groups is 1. The van der Waals surface area contributed by atoms with Crippen molar-refractivity contribution in [1.29, 1.82) is 0 Å². The van der Waals surface area contributed by atoms with Gasteiger partial charge in [0.05, 0.1) is 10.6 Å².